The second-order valence-corrected chi connectivity index (χ2v) is 6.04. The summed E-state index contributed by atoms with van der Waals surface area (Å²) in [6.45, 7) is 2.04. The number of aromatic nitrogens is 1. The van der Waals surface area contributed by atoms with E-state index in [2.05, 4.69) is 29.1 Å². The molecule has 1 heterocycles. The van der Waals surface area contributed by atoms with Crippen molar-refractivity contribution in [3.8, 4) is 0 Å². The number of nitrogens with two attached hydrogens (primary N) is 1. The first-order chi connectivity index (χ1) is 8.15. The molecule has 3 rings (SSSR count). The average Bonchev–Trinajstić information content (AvgIpc) is 2.53. The lowest BCUT2D eigenvalue weighted by atomic mass is 9.91. The molecule has 0 unspecified atom stereocenters. The van der Waals surface area contributed by atoms with Crippen LogP contribution in [0.15, 0.2) is 12.1 Å². The van der Waals surface area contributed by atoms with Gasteiger partial charge in [-0.3, -0.25) is 0 Å². The molecule has 1 fully saturated rings. The Bertz CT molecular complexity index is 557. The molecule has 0 saturated heterocycles. The molecule has 0 atom stereocenters. The minimum absolute atomic E-state index is 0.662. The van der Waals surface area contributed by atoms with Gasteiger partial charge in [0.15, 0.2) is 0 Å². The zero-order valence-electron chi connectivity index (χ0n) is 10.2. The Labute approximate surface area is 105 Å². The summed E-state index contributed by atoms with van der Waals surface area (Å²) >= 11 is 1.71. The minimum Gasteiger partial charge on any atom is -0.397 e. The number of thiazole rings is 1. The van der Waals surface area contributed by atoms with Crippen LogP contribution in [-0.4, -0.2) is 18.1 Å². The number of nitrogens with zero attached hydrogens (tertiary/aromatic N) is 2. The number of anilines is 2. The van der Waals surface area contributed by atoms with Gasteiger partial charge >= 0.3 is 0 Å². The fourth-order valence-corrected chi connectivity index (χ4v) is 3.23. The van der Waals surface area contributed by atoms with E-state index in [9.17, 15) is 0 Å². The van der Waals surface area contributed by atoms with Crippen molar-refractivity contribution in [2.75, 3.05) is 17.7 Å². The van der Waals surface area contributed by atoms with Gasteiger partial charge in [-0.2, -0.15) is 0 Å². The van der Waals surface area contributed by atoms with E-state index in [1.165, 1.54) is 24.0 Å². The van der Waals surface area contributed by atoms with Crippen LogP contribution in [0.1, 0.15) is 24.3 Å². The Balaban J connectivity index is 2.05. The fourth-order valence-electron chi connectivity index (χ4n) is 2.37. The van der Waals surface area contributed by atoms with Gasteiger partial charge in [0, 0.05) is 13.1 Å². The van der Waals surface area contributed by atoms with Gasteiger partial charge in [0.05, 0.1) is 26.6 Å². The molecule has 1 aliphatic rings. The first kappa shape index (κ1) is 10.8. The van der Waals surface area contributed by atoms with E-state index in [-0.39, 0.29) is 0 Å². The van der Waals surface area contributed by atoms with Crippen LogP contribution in [0.3, 0.4) is 0 Å². The summed E-state index contributed by atoms with van der Waals surface area (Å²) in [5.74, 6) is 0. The summed E-state index contributed by atoms with van der Waals surface area (Å²) in [6.07, 6.45) is 3.90. The number of nitrogen functional groups attached to an aromatic ring is 1. The Morgan fingerprint density at radius 1 is 1.41 bits per heavy atom. The Kier molecular flexibility index (Phi) is 2.47. The summed E-state index contributed by atoms with van der Waals surface area (Å²) < 4.78 is 1.19. The normalized spacial score (nSPS) is 16.1. The lowest BCUT2D eigenvalue weighted by Crippen LogP contribution is -2.37. The van der Waals surface area contributed by atoms with Crippen molar-refractivity contribution in [2.45, 2.75) is 32.2 Å². The standard InChI is InChI=1S/C13H17N3S/c1-8-15-11-7-12(10(14)6-13(11)17-8)16(2)9-4-3-5-9/h6-7,9H,3-5,14H2,1-2H3. The lowest BCUT2D eigenvalue weighted by Gasteiger charge is -2.36. The first-order valence-corrected chi connectivity index (χ1v) is 6.86. The van der Waals surface area contributed by atoms with Gasteiger partial charge in [-0.05, 0) is 38.3 Å². The number of rotatable bonds is 2. The van der Waals surface area contributed by atoms with Crippen molar-refractivity contribution in [1.29, 1.82) is 0 Å². The maximum atomic E-state index is 6.15. The molecular weight excluding hydrogens is 230 g/mol. The number of aryl methyl sites for hydroxylation is 1. The van der Waals surface area contributed by atoms with Crippen molar-refractivity contribution in [3.63, 3.8) is 0 Å². The van der Waals surface area contributed by atoms with Gasteiger partial charge in [-0.15, -0.1) is 11.3 Å². The van der Waals surface area contributed by atoms with Crippen molar-refractivity contribution >= 4 is 32.9 Å². The van der Waals surface area contributed by atoms with Crippen LogP contribution in [0.4, 0.5) is 11.4 Å². The van der Waals surface area contributed by atoms with Crippen molar-refractivity contribution in [2.24, 2.45) is 0 Å². The molecule has 1 saturated carbocycles. The molecule has 0 amide bonds. The maximum absolute atomic E-state index is 6.15. The molecular formula is C13H17N3S. The van der Waals surface area contributed by atoms with E-state index < -0.39 is 0 Å². The Hall–Kier alpha value is -1.29. The van der Waals surface area contributed by atoms with E-state index in [1.54, 1.807) is 11.3 Å². The highest BCUT2D eigenvalue weighted by Crippen LogP contribution is 2.35. The lowest BCUT2D eigenvalue weighted by molar-refractivity contribution is 0.401. The van der Waals surface area contributed by atoms with Gasteiger partial charge in [-0.25, -0.2) is 4.98 Å². The van der Waals surface area contributed by atoms with Crippen LogP contribution in [-0.2, 0) is 0 Å². The third-order valence-electron chi connectivity index (χ3n) is 3.65. The van der Waals surface area contributed by atoms with Crippen molar-refractivity contribution in [1.82, 2.24) is 4.98 Å². The molecule has 0 bridgehead atoms. The molecule has 4 heteroatoms. The highest BCUT2D eigenvalue weighted by atomic mass is 32.1. The zero-order chi connectivity index (χ0) is 12.0. The summed E-state index contributed by atoms with van der Waals surface area (Å²) in [4.78, 5) is 6.85. The molecule has 1 aromatic heterocycles. The number of fused-ring (bicyclic) bond motifs is 1. The third-order valence-corrected chi connectivity index (χ3v) is 4.58. The van der Waals surface area contributed by atoms with E-state index in [0.29, 0.717) is 6.04 Å². The molecule has 90 valence electrons. The predicted molar refractivity (Wildman–Crippen MR) is 74.8 cm³/mol. The van der Waals surface area contributed by atoms with Gasteiger partial charge in [0.1, 0.15) is 0 Å². The molecule has 0 spiro atoms. The highest BCUT2D eigenvalue weighted by molar-refractivity contribution is 7.18. The SMILES string of the molecule is Cc1nc2cc(N(C)C3CCC3)c(N)cc2s1. The summed E-state index contributed by atoms with van der Waals surface area (Å²) in [5.41, 5.74) is 9.23. The van der Waals surface area contributed by atoms with Crippen LogP contribution in [0, 0.1) is 6.92 Å². The molecule has 17 heavy (non-hydrogen) atoms. The van der Waals surface area contributed by atoms with Gasteiger partial charge in [0.2, 0.25) is 0 Å². The number of hydrogen-bond donors (Lipinski definition) is 1. The Morgan fingerprint density at radius 3 is 2.82 bits per heavy atom. The predicted octanol–water partition coefficient (Wildman–Crippen LogP) is 3.18. The van der Waals surface area contributed by atoms with E-state index in [1.807, 2.05) is 6.92 Å². The molecule has 1 aliphatic carbocycles. The van der Waals surface area contributed by atoms with E-state index in [0.717, 1.165) is 21.9 Å². The van der Waals surface area contributed by atoms with Crippen LogP contribution in [0.5, 0.6) is 0 Å². The number of hydrogen-bond acceptors (Lipinski definition) is 4. The molecule has 1 aromatic carbocycles. The largest absolute Gasteiger partial charge is 0.397 e. The number of benzene rings is 1. The monoisotopic (exact) mass is 247 g/mol. The van der Waals surface area contributed by atoms with E-state index >= 15 is 0 Å². The molecule has 3 nitrogen and oxygen atoms in total. The third kappa shape index (κ3) is 1.76. The summed E-state index contributed by atoms with van der Waals surface area (Å²) in [5, 5.41) is 1.10. The van der Waals surface area contributed by atoms with Gasteiger partial charge < -0.3 is 10.6 Å². The molecule has 2 aromatic rings. The van der Waals surface area contributed by atoms with Gasteiger partial charge in [0.25, 0.3) is 0 Å². The maximum Gasteiger partial charge on any atom is 0.0907 e. The van der Waals surface area contributed by atoms with Crippen LogP contribution < -0.4 is 10.6 Å². The zero-order valence-corrected chi connectivity index (χ0v) is 11.0. The van der Waals surface area contributed by atoms with Crippen LogP contribution in [0.2, 0.25) is 0 Å². The van der Waals surface area contributed by atoms with Crippen molar-refractivity contribution in [3.05, 3.63) is 17.1 Å². The minimum atomic E-state index is 0.662. The smallest absolute Gasteiger partial charge is 0.0907 e. The summed E-state index contributed by atoms with van der Waals surface area (Å²) in [6, 6.07) is 4.85. The fraction of sp³-hybridized carbons (Fsp3) is 0.462. The molecule has 0 aliphatic heterocycles. The Morgan fingerprint density at radius 2 is 2.18 bits per heavy atom. The second-order valence-electron chi connectivity index (χ2n) is 4.81. The highest BCUT2D eigenvalue weighted by Gasteiger charge is 2.23. The van der Waals surface area contributed by atoms with E-state index in [4.69, 9.17) is 5.73 Å². The van der Waals surface area contributed by atoms with Crippen molar-refractivity contribution < 1.29 is 0 Å². The van der Waals surface area contributed by atoms with Gasteiger partial charge in [-0.1, -0.05) is 0 Å². The quantitative estimate of drug-likeness (QED) is 0.829. The topological polar surface area (TPSA) is 42.2 Å². The van der Waals surface area contributed by atoms with Crippen LogP contribution in [0.25, 0.3) is 10.2 Å². The molecule has 2 N–H and O–H groups in total. The summed E-state index contributed by atoms with van der Waals surface area (Å²) in [7, 11) is 2.14. The first-order valence-electron chi connectivity index (χ1n) is 6.04. The average molecular weight is 247 g/mol. The second kappa shape index (κ2) is 3.88. The van der Waals surface area contributed by atoms with Crippen LogP contribution >= 0.6 is 11.3 Å². The molecule has 0 radical (unpaired) electrons.